The summed E-state index contributed by atoms with van der Waals surface area (Å²) in [5, 5.41) is 7.96. The number of sulfonamides is 2. The van der Waals surface area contributed by atoms with Gasteiger partial charge in [-0.3, -0.25) is 9.52 Å². The topological polar surface area (TPSA) is 147 Å². The molecule has 0 aliphatic rings. The standard InChI is InChI=1S/C20H24N4O6S3/c1-10-9-11(2)17(23-32(6,26)27)13(4)16(10)21-19(25)18-15(7-8-31-18)33(28,29)24-20-12(3)14(5)22-30-20/h7-9,23-24H,1-6H3,(H,21,25). The highest BCUT2D eigenvalue weighted by molar-refractivity contribution is 7.93. The molecule has 0 aliphatic heterocycles. The van der Waals surface area contributed by atoms with E-state index in [1.807, 2.05) is 0 Å². The molecule has 2 aromatic heterocycles. The summed E-state index contributed by atoms with van der Waals surface area (Å²) in [6, 6.07) is 3.06. The lowest BCUT2D eigenvalue weighted by atomic mass is 10.0. The molecule has 10 nitrogen and oxygen atoms in total. The van der Waals surface area contributed by atoms with Crippen LogP contribution < -0.4 is 14.8 Å². The van der Waals surface area contributed by atoms with E-state index in [9.17, 15) is 21.6 Å². The van der Waals surface area contributed by atoms with Crippen molar-refractivity contribution in [3.63, 3.8) is 0 Å². The molecule has 13 heteroatoms. The highest BCUT2D eigenvalue weighted by Gasteiger charge is 2.27. The summed E-state index contributed by atoms with van der Waals surface area (Å²) in [4.78, 5) is 12.8. The van der Waals surface area contributed by atoms with Gasteiger partial charge < -0.3 is 9.84 Å². The van der Waals surface area contributed by atoms with Gasteiger partial charge in [0.05, 0.1) is 17.6 Å². The molecule has 0 aliphatic carbocycles. The first kappa shape index (κ1) is 24.7. The van der Waals surface area contributed by atoms with Crippen LogP contribution in [0.25, 0.3) is 0 Å². The number of amides is 1. The summed E-state index contributed by atoms with van der Waals surface area (Å²) in [7, 11) is -7.68. The predicted octanol–water partition coefficient (Wildman–Crippen LogP) is 3.70. The van der Waals surface area contributed by atoms with Crippen molar-refractivity contribution in [3.05, 3.63) is 50.3 Å². The molecular weight excluding hydrogens is 488 g/mol. The fourth-order valence-corrected chi connectivity index (χ4v) is 6.31. The lowest BCUT2D eigenvalue weighted by Gasteiger charge is -2.18. The molecular formula is C20H24N4O6S3. The summed E-state index contributed by atoms with van der Waals surface area (Å²) in [5.74, 6) is -0.664. The fraction of sp³-hybridized carbons (Fsp3) is 0.300. The maximum absolute atomic E-state index is 13.1. The number of rotatable bonds is 7. The molecule has 0 saturated carbocycles. The summed E-state index contributed by atoms with van der Waals surface area (Å²) >= 11 is 0.964. The van der Waals surface area contributed by atoms with Crippen molar-refractivity contribution in [1.29, 1.82) is 0 Å². The predicted molar refractivity (Wildman–Crippen MR) is 128 cm³/mol. The number of hydrogen-bond acceptors (Lipinski definition) is 8. The first-order chi connectivity index (χ1) is 15.2. The highest BCUT2D eigenvalue weighted by atomic mass is 32.2. The SMILES string of the molecule is Cc1cc(C)c(NS(C)(=O)=O)c(C)c1NC(=O)c1sccc1S(=O)(=O)Nc1onc(C)c1C. The van der Waals surface area contributed by atoms with Gasteiger partial charge in [-0.15, -0.1) is 11.3 Å². The molecule has 0 bridgehead atoms. The number of carbonyl (C=O) groups excluding carboxylic acids is 1. The van der Waals surface area contributed by atoms with E-state index < -0.39 is 26.0 Å². The van der Waals surface area contributed by atoms with Gasteiger partial charge in [0.1, 0.15) is 9.77 Å². The number of nitrogens with one attached hydrogen (secondary N) is 3. The summed E-state index contributed by atoms with van der Waals surface area (Å²) in [6.07, 6.45) is 1.04. The second-order valence-corrected chi connectivity index (χ2v) is 12.0. The zero-order valence-corrected chi connectivity index (χ0v) is 21.3. The molecule has 2 heterocycles. The third-order valence-electron chi connectivity index (χ3n) is 5.01. The van der Waals surface area contributed by atoms with Gasteiger partial charge in [0, 0.05) is 11.3 Å². The van der Waals surface area contributed by atoms with Gasteiger partial charge in [-0.05, 0) is 62.8 Å². The molecule has 0 spiro atoms. The van der Waals surface area contributed by atoms with Gasteiger partial charge in [0.2, 0.25) is 15.9 Å². The molecule has 0 radical (unpaired) electrons. The van der Waals surface area contributed by atoms with Crippen molar-refractivity contribution in [1.82, 2.24) is 5.16 Å². The zero-order valence-electron chi connectivity index (χ0n) is 18.9. The largest absolute Gasteiger partial charge is 0.337 e. The van der Waals surface area contributed by atoms with Crippen molar-refractivity contribution in [3.8, 4) is 0 Å². The summed E-state index contributed by atoms with van der Waals surface area (Å²) in [6.45, 7) is 8.53. The van der Waals surface area contributed by atoms with Crippen molar-refractivity contribution < 1.29 is 26.2 Å². The minimum Gasteiger partial charge on any atom is -0.337 e. The van der Waals surface area contributed by atoms with E-state index in [1.165, 1.54) is 11.4 Å². The monoisotopic (exact) mass is 512 g/mol. The van der Waals surface area contributed by atoms with E-state index in [4.69, 9.17) is 4.52 Å². The van der Waals surface area contributed by atoms with E-state index in [-0.39, 0.29) is 15.7 Å². The molecule has 3 N–H and O–H groups in total. The molecule has 3 rings (SSSR count). The van der Waals surface area contributed by atoms with Crippen LogP contribution in [0.4, 0.5) is 17.3 Å². The number of hydrogen-bond donors (Lipinski definition) is 3. The average molecular weight is 513 g/mol. The number of benzene rings is 1. The Hall–Kier alpha value is -2.90. The average Bonchev–Trinajstić information content (AvgIpc) is 3.31. The Morgan fingerprint density at radius 3 is 2.18 bits per heavy atom. The van der Waals surface area contributed by atoms with Crippen LogP contribution in [0.3, 0.4) is 0 Å². The van der Waals surface area contributed by atoms with Crippen LogP contribution >= 0.6 is 11.3 Å². The van der Waals surface area contributed by atoms with Crippen LogP contribution in [-0.4, -0.2) is 34.2 Å². The second kappa shape index (κ2) is 8.80. The molecule has 178 valence electrons. The lowest BCUT2D eigenvalue weighted by molar-refractivity contribution is 0.102. The minimum absolute atomic E-state index is 0.0215. The third kappa shape index (κ3) is 5.20. The molecule has 1 aromatic carbocycles. The van der Waals surface area contributed by atoms with Crippen LogP contribution in [0.5, 0.6) is 0 Å². The first-order valence-electron chi connectivity index (χ1n) is 9.64. The van der Waals surface area contributed by atoms with Gasteiger partial charge in [-0.1, -0.05) is 11.2 Å². The Morgan fingerprint density at radius 2 is 1.61 bits per heavy atom. The Bertz CT molecular complexity index is 1450. The van der Waals surface area contributed by atoms with E-state index in [1.54, 1.807) is 40.7 Å². The number of carbonyl (C=O) groups is 1. The van der Waals surface area contributed by atoms with Crippen molar-refractivity contribution in [2.24, 2.45) is 0 Å². The number of aromatic nitrogens is 1. The van der Waals surface area contributed by atoms with Gasteiger partial charge in [-0.25, -0.2) is 21.6 Å². The Balaban J connectivity index is 1.96. The van der Waals surface area contributed by atoms with Gasteiger partial charge >= 0.3 is 0 Å². The van der Waals surface area contributed by atoms with E-state index >= 15 is 0 Å². The number of aryl methyl sites for hydroxylation is 3. The number of anilines is 3. The van der Waals surface area contributed by atoms with Crippen molar-refractivity contribution in [2.45, 2.75) is 39.5 Å². The fourth-order valence-electron chi connectivity index (χ4n) is 3.25. The number of nitrogens with zero attached hydrogens (tertiary/aromatic N) is 1. The van der Waals surface area contributed by atoms with Crippen LogP contribution in [0.1, 0.15) is 37.6 Å². The molecule has 33 heavy (non-hydrogen) atoms. The Labute approximate surface area is 196 Å². The maximum Gasteiger partial charge on any atom is 0.267 e. The maximum atomic E-state index is 13.1. The molecule has 0 unspecified atom stereocenters. The minimum atomic E-state index is -4.13. The first-order valence-corrected chi connectivity index (χ1v) is 13.9. The van der Waals surface area contributed by atoms with Gasteiger partial charge in [0.15, 0.2) is 0 Å². The zero-order chi connectivity index (χ0) is 24.7. The summed E-state index contributed by atoms with van der Waals surface area (Å²) in [5.41, 5.74) is 3.73. The van der Waals surface area contributed by atoms with Crippen LogP contribution in [0.15, 0.2) is 26.9 Å². The highest BCUT2D eigenvalue weighted by Crippen LogP contribution is 2.33. The molecule has 1 amide bonds. The molecule has 3 aromatic rings. The molecule has 0 atom stereocenters. The Kier molecular flexibility index (Phi) is 6.60. The van der Waals surface area contributed by atoms with Gasteiger partial charge in [-0.2, -0.15) is 0 Å². The van der Waals surface area contributed by atoms with Crippen LogP contribution in [0.2, 0.25) is 0 Å². The Morgan fingerprint density at radius 1 is 0.970 bits per heavy atom. The third-order valence-corrected chi connectivity index (χ3v) is 8.00. The normalized spacial score (nSPS) is 11.9. The molecule has 0 fully saturated rings. The van der Waals surface area contributed by atoms with Crippen molar-refractivity contribution in [2.75, 3.05) is 21.0 Å². The second-order valence-electron chi connectivity index (χ2n) is 7.66. The number of thiophene rings is 1. The quantitative estimate of drug-likeness (QED) is 0.437. The van der Waals surface area contributed by atoms with E-state index in [0.29, 0.717) is 39.3 Å². The van der Waals surface area contributed by atoms with Crippen LogP contribution in [0, 0.1) is 34.6 Å². The van der Waals surface area contributed by atoms with Gasteiger partial charge in [0.25, 0.3) is 15.9 Å². The molecule has 0 saturated heterocycles. The van der Waals surface area contributed by atoms with E-state index in [0.717, 1.165) is 17.6 Å². The van der Waals surface area contributed by atoms with Crippen molar-refractivity contribution >= 4 is 54.5 Å². The summed E-state index contributed by atoms with van der Waals surface area (Å²) < 4.78 is 59.2. The van der Waals surface area contributed by atoms with Crippen LogP contribution in [-0.2, 0) is 20.0 Å². The lowest BCUT2D eigenvalue weighted by Crippen LogP contribution is -2.20. The smallest absolute Gasteiger partial charge is 0.267 e. The van der Waals surface area contributed by atoms with E-state index in [2.05, 4.69) is 19.9 Å².